The molecule has 0 spiro atoms. The van der Waals surface area contributed by atoms with Crippen LogP contribution in [0.1, 0.15) is 12.5 Å². The molecular formula is C30H26O6. The second-order valence-corrected chi connectivity index (χ2v) is 7.69. The van der Waals surface area contributed by atoms with Crippen LogP contribution in [0.3, 0.4) is 0 Å². The summed E-state index contributed by atoms with van der Waals surface area (Å²) in [5, 5.41) is 0. The standard InChI is InChI=1S/C30H26O6/c1-5-29(31)35-18-17-34-28-15-12-26(20-22(28)4)25-8-6-23(7-9-25)24-10-13-27(14-11-24)33-16-19-36-30(32)21(2)3/h5-20H,1-2H2,3-4H3. The lowest BCUT2D eigenvalue weighted by Gasteiger charge is -2.09. The molecule has 0 unspecified atom stereocenters. The molecule has 0 saturated carbocycles. The summed E-state index contributed by atoms with van der Waals surface area (Å²) in [6.07, 6.45) is 6.04. The van der Waals surface area contributed by atoms with E-state index in [0.29, 0.717) is 17.1 Å². The van der Waals surface area contributed by atoms with E-state index in [9.17, 15) is 9.59 Å². The van der Waals surface area contributed by atoms with Gasteiger partial charge in [-0.15, -0.1) is 0 Å². The molecular weight excluding hydrogens is 456 g/mol. The highest BCUT2D eigenvalue weighted by atomic mass is 16.5. The fourth-order valence-electron chi connectivity index (χ4n) is 3.08. The maximum atomic E-state index is 11.3. The molecule has 3 aromatic carbocycles. The highest BCUT2D eigenvalue weighted by Gasteiger charge is 2.05. The van der Waals surface area contributed by atoms with E-state index in [1.807, 2.05) is 49.4 Å². The van der Waals surface area contributed by atoms with Crippen molar-refractivity contribution < 1.29 is 28.5 Å². The Hall–Kier alpha value is -4.84. The number of rotatable bonds is 10. The number of esters is 2. The van der Waals surface area contributed by atoms with Gasteiger partial charge in [0.1, 0.15) is 36.5 Å². The Balaban J connectivity index is 1.60. The van der Waals surface area contributed by atoms with Crippen molar-refractivity contribution in [2.75, 3.05) is 0 Å². The largest absolute Gasteiger partial charge is 0.462 e. The van der Waals surface area contributed by atoms with Crippen molar-refractivity contribution in [3.63, 3.8) is 0 Å². The predicted octanol–water partition coefficient (Wildman–Crippen LogP) is 6.88. The lowest BCUT2D eigenvalue weighted by molar-refractivity contribution is -0.134. The molecule has 0 atom stereocenters. The summed E-state index contributed by atoms with van der Waals surface area (Å²) in [5.41, 5.74) is 5.47. The van der Waals surface area contributed by atoms with Gasteiger partial charge in [0.25, 0.3) is 0 Å². The van der Waals surface area contributed by atoms with Gasteiger partial charge in [0, 0.05) is 11.6 Å². The molecule has 0 aliphatic rings. The van der Waals surface area contributed by atoms with E-state index in [0.717, 1.165) is 33.9 Å². The summed E-state index contributed by atoms with van der Waals surface area (Å²) in [6, 6.07) is 21.7. The van der Waals surface area contributed by atoms with E-state index in [-0.39, 0.29) is 0 Å². The van der Waals surface area contributed by atoms with Gasteiger partial charge in [0.05, 0.1) is 0 Å². The summed E-state index contributed by atoms with van der Waals surface area (Å²) in [7, 11) is 0. The van der Waals surface area contributed by atoms with Crippen molar-refractivity contribution in [3.05, 3.63) is 122 Å². The molecule has 3 aromatic rings. The third kappa shape index (κ3) is 7.33. The van der Waals surface area contributed by atoms with E-state index in [4.69, 9.17) is 18.9 Å². The molecule has 0 aliphatic carbocycles. The van der Waals surface area contributed by atoms with Gasteiger partial charge in [0.2, 0.25) is 0 Å². The molecule has 0 fully saturated rings. The first-order valence-corrected chi connectivity index (χ1v) is 11.0. The topological polar surface area (TPSA) is 71.1 Å². The number of benzene rings is 3. The monoisotopic (exact) mass is 482 g/mol. The SMILES string of the molecule is C=CC(=O)OC=COc1ccc(-c2ccc(-c3ccc(OC=COC(=O)C(=C)C)cc3)cc2)cc1C. The maximum Gasteiger partial charge on any atom is 0.338 e. The minimum absolute atomic E-state index is 0.314. The highest BCUT2D eigenvalue weighted by molar-refractivity contribution is 5.87. The summed E-state index contributed by atoms with van der Waals surface area (Å²) in [6.45, 7) is 10.4. The van der Waals surface area contributed by atoms with Gasteiger partial charge in [-0.3, -0.25) is 0 Å². The van der Waals surface area contributed by atoms with Gasteiger partial charge < -0.3 is 18.9 Å². The van der Waals surface area contributed by atoms with Crippen LogP contribution in [0.25, 0.3) is 22.3 Å². The van der Waals surface area contributed by atoms with Crippen LogP contribution >= 0.6 is 0 Å². The summed E-state index contributed by atoms with van der Waals surface area (Å²) >= 11 is 0. The van der Waals surface area contributed by atoms with Crippen molar-refractivity contribution in [1.29, 1.82) is 0 Å². The molecule has 0 bridgehead atoms. The molecule has 0 heterocycles. The van der Waals surface area contributed by atoms with Gasteiger partial charge in [-0.2, -0.15) is 0 Å². The minimum atomic E-state index is -0.550. The number of hydrogen-bond acceptors (Lipinski definition) is 6. The lowest BCUT2D eigenvalue weighted by atomic mass is 9.99. The smallest absolute Gasteiger partial charge is 0.338 e. The highest BCUT2D eigenvalue weighted by Crippen LogP contribution is 2.29. The first kappa shape index (κ1) is 25.8. The fraction of sp³-hybridized carbons (Fsp3) is 0.0667. The van der Waals surface area contributed by atoms with Crippen LogP contribution in [-0.2, 0) is 19.1 Å². The van der Waals surface area contributed by atoms with Crippen molar-refractivity contribution in [2.45, 2.75) is 13.8 Å². The van der Waals surface area contributed by atoms with Crippen LogP contribution in [0, 0.1) is 6.92 Å². The molecule has 0 N–H and O–H groups in total. The van der Waals surface area contributed by atoms with Crippen molar-refractivity contribution in [3.8, 4) is 33.8 Å². The minimum Gasteiger partial charge on any atom is -0.462 e. The molecule has 0 saturated heterocycles. The van der Waals surface area contributed by atoms with Crippen LogP contribution in [0.15, 0.2) is 117 Å². The van der Waals surface area contributed by atoms with E-state index in [2.05, 4.69) is 37.4 Å². The van der Waals surface area contributed by atoms with Crippen LogP contribution < -0.4 is 9.47 Å². The zero-order valence-corrected chi connectivity index (χ0v) is 20.1. The third-order valence-corrected chi connectivity index (χ3v) is 4.97. The van der Waals surface area contributed by atoms with Gasteiger partial charge in [-0.25, -0.2) is 9.59 Å². The average Bonchev–Trinajstić information content (AvgIpc) is 2.90. The zero-order chi connectivity index (χ0) is 25.9. The van der Waals surface area contributed by atoms with Crippen molar-refractivity contribution >= 4 is 11.9 Å². The molecule has 0 aliphatic heterocycles. The van der Waals surface area contributed by atoms with E-state index < -0.39 is 11.9 Å². The number of carbonyl (C=O) groups is 2. The Bertz CT molecular complexity index is 1300. The second-order valence-electron chi connectivity index (χ2n) is 7.69. The molecule has 182 valence electrons. The molecule has 6 heteroatoms. The Labute approximate surface area is 210 Å². The average molecular weight is 483 g/mol. The molecule has 3 rings (SSSR count). The second kappa shape index (κ2) is 12.6. The predicted molar refractivity (Wildman–Crippen MR) is 139 cm³/mol. The Morgan fingerprint density at radius 2 is 1.25 bits per heavy atom. The molecule has 36 heavy (non-hydrogen) atoms. The van der Waals surface area contributed by atoms with Crippen molar-refractivity contribution in [2.24, 2.45) is 0 Å². The number of ether oxygens (including phenoxy) is 4. The van der Waals surface area contributed by atoms with Crippen LogP contribution in [0.5, 0.6) is 11.5 Å². The van der Waals surface area contributed by atoms with Crippen molar-refractivity contribution in [1.82, 2.24) is 0 Å². The van der Waals surface area contributed by atoms with E-state index >= 15 is 0 Å². The maximum absolute atomic E-state index is 11.3. The zero-order valence-electron chi connectivity index (χ0n) is 20.1. The fourth-order valence-corrected chi connectivity index (χ4v) is 3.08. The van der Waals surface area contributed by atoms with Crippen LogP contribution in [0.2, 0.25) is 0 Å². The van der Waals surface area contributed by atoms with Gasteiger partial charge in [-0.05, 0) is 65.9 Å². The Morgan fingerprint density at radius 1 is 0.722 bits per heavy atom. The summed E-state index contributed by atoms with van der Waals surface area (Å²) in [5.74, 6) is 0.219. The Kier molecular flexibility index (Phi) is 9.00. The summed E-state index contributed by atoms with van der Waals surface area (Å²) in [4.78, 5) is 22.4. The van der Waals surface area contributed by atoms with E-state index in [1.165, 1.54) is 25.0 Å². The quantitative estimate of drug-likeness (QED) is 0.178. The first-order valence-electron chi connectivity index (χ1n) is 11.0. The third-order valence-electron chi connectivity index (χ3n) is 4.97. The van der Waals surface area contributed by atoms with Crippen LogP contribution in [0.4, 0.5) is 0 Å². The Morgan fingerprint density at radius 3 is 1.83 bits per heavy atom. The van der Waals surface area contributed by atoms with Gasteiger partial charge >= 0.3 is 11.9 Å². The van der Waals surface area contributed by atoms with Crippen LogP contribution in [-0.4, -0.2) is 11.9 Å². The molecule has 0 aromatic heterocycles. The molecule has 6 nitrogen and oxygen atoms in total. The lowest BCUT2D eigenvalue weighted by Crippen LogP contribution is -1.99. The van der Waals surface area contributed by atoms with Gasteiger partial charge in [0.15, 0.2) is 0 Å². The molecule has 0 amide bonds. The number of hydrogen-bond donors (Lipinski definition) is 0. The van der Waals surface area contributed by atoms with E-state index in [1.54, 1.807) is 6.92 Å². The number of carbonyl (C=O) groups excluding carboxylic acids is 2. The number of aryl methyl sites for hydroxylation is 1. The first-order chi connectivity index (χ1) is 17.4. The summed E-state index contributed by atoms with van der Waals surface area (Å²) < 4.78 is 20.6. The normalized spacial score (nSPS) is 10.7. The van der Waals surface area contributed by atoms with Gasteiger partial charge in [-0.1, -0.05) is 55.6 Å². The molecule has 0 radical (unpaired) electrons.